The van der Waals surface area contributed by atoms with Gasteiger partial charge in [-0.1, -0.05) is 30.3 Å². The maximum absolute atomic E-state index is 13.5. The van der Waals surface area contributed by atoms with Crippen molar-refractivity contribution in [2.45, 2.75) is 13.8 Å². The lowest BCUT2D eigenvalue weighted by atomic mass is 10.0. The molecule has 2 amide bonds. The maximum Gasteiger partial charge on any atom is 0.282 e. The van der Waals surface area contributed by atoms with Crippen LogP contribution in [0.1, 0.15) is 19.4 Å². The molecule has 2 aromatic rings. The summed E-state index contributed by atoms with van der Waals surface area (Å²) in [5, 5.41) is 0. The van der Waals surface area contributed by atoms with Crippen LogP contribution in [0.2, 0.25) is 0 Å². The molecule has 6 heteroatoms. The zero-order valence-corrected chi connectivity index (χ0v) is 17.5. The molecule has 0 aromatic heterocycles. The number of benzene rings is 2. The van der Waals surface area contributed by atoms with Gasteiger partial charge in [-0.2, -0.15) is 0 Å². The van der Waals surface area contributed by atoms with E-state index in [-0.39, 0.29) is 11.8 Å². The summed E-state index contributed by atoms with van der Waals surface area (Å²) in [4.78, 5) is 32.5. The summed E-state index contributed by atoms with van der Waals surface area (Å²) < 4.78 is 5.45. The molecule has 2 aromatic carbocycles. The molecule has 1 fully saturated rings. The number of carbonyl (C=O) groups excluding carboxylic acids is 2. The summed E-state index contributed by atoms with van der Waals surface area (Å²) in [5.41, 5.74) is 3.38. The second-order valence-electron chi connectivity index (χ2n) is 7.32. The van der Waals surface area contributed by atoms with Crippen molar-refractivity contribution in [3.63, 3.8) is 0 Å². The molecule has 0 atom stereocenters. The van der Waals surface area contributed by atoms with E-state index in [1.165, 1.54) is 4.90 Å². The Morgan fingerprint density at radius 2 is 1.50 bits per heavy atom. The molecule has 0 radical (unpaired) electrons. The maximum atomic E-state index is 13.5. The first-order chi connectivity index (χ1) is 14.7. The van der Waals surface area contributed by atoms with Crippen molar-refractivity contribution in [3.8, 4) is 0 Å². The van der Waals surface area contributed by atoms with E-state index < -0.39 is 0 Å². The quantitative estimate of drug-likeness (QED) is 0.691. The number of amides is 2. The van der Waals surface area contributed by atoms with Gasteiger partial charge in [-0.25, -0.2) is 4.90 Å². The summed E-state index contributed by atoms with van der Waals surface area (Å²) in [7, 11) is 0. The molecule has 30 heavy (non-hydrogen) atoms. The van der Waals surface area contributed by atoms with Crippen LogP contribution < -0.4 is 9.80 Å². The fourth-order valence-electron chi connectivity index (χ4n) is 4.10. The predicted octanol–water partition coefficient (Wildman–Crippen LogP) is 3.15. The first kappa shape index (κ1) is 20.2. The van der Waals surface area contributed by atoms with Crippen LogP contribution in [-0.4, -0.2) is 56.1 Å². The number of morpholine rings is 1. The van der Waals surface area contributed by atoms with Crippen LogP contribution in [0.3, 0.4) is 0 Å². The van der Waals surface area contributed by atoms with Crippen molar-refractivity contribution in [2.24, 2.45) is 0 Å². The fraction of sp³-hybridized carbons (Fsp3) is 0.333. The Kier molecular flexibility index (Phi) is 5.86. The first-order valence-electron chi connectivity index (χ1n) is 10.5. The standard InChI is InChI=1S/C24H27N3O3/c1-3-25(4-2)19-10-12-20(13-11-19)27-23(28)21(18-8-6-5-7-9-18)22(24(27)29)26-14-16-30-17-15-26/h5-13H,3-4,14-17H2,1-2H3. The monoisotopic (exact) mass is 405 g/mol. The number of imide groups is 1. The van der Waals surface area contributed by atoms with Gasteiger partial charge >= 0.3 is 0 Å². The van der Waals surface area contributed by atoms with E-state index in [1.54, 1.807) is 0 Å². The van der Waals surface area contributed by atoms with E-state index in [0.29, 0.717) is 43.3 Å². The Balaban J connectivity index is 1.72. The third-order valence-electron chi connectivity index (χ3n) is 5.69. The Labute approximate surface area is 177 Å². The molecular formula is C24H27N3O3. The molecule has 4 rings (SSSR count). The summed E-state index contributed by atoms with van der Waals surface area (Å²) in [6.07, 6.45) is 0. The lowest BCUT2D eigenvalue weighted by Gasteiger charge is -2.29. The summed E-state index contributed by atoms with van der Waals surface area (Å²) in [6, 6.07) is 17.1. The normalized spacial score (nSPS) is 17.1. The number of ether oxygens (including phenoxy) is 1. The molecule has 156 valence electrons. The number of rotatable bonds is 6. The number of hydrogen-bond acceptors (Lipinski definition) is 5. The highest BCUT2D eigenvalue weighted by Crippen LogP contribution is 2.35. The summed E-state index contributed by atoms with van der Waals surface area (Å²) in [6.45, 7) is 8.30. The second kappa shape index (κ2) is 8.71. The zero-order chi connectivity index (χ0) is 21.1. The number of nitrogens with zero attached hydrogens (tertiary/aromatic N) is 3. The van der Waals surface area contributed by atoms with Crippen LogP contribution in [0.25, 0.3) is 5.57 Å². The third-order valence-corrected chi connectivity index (χ3v) is 5.69. The molecule has 0 unspecified atom stereocenters. The van der Waals surface area contributed by atoms with Gasteiger partial charge < -0.3 is 14.5 Å². The molecule has 0 saturated carbocycles. The van der Waals surface area contributed by atoms with Crippen LogP contribution >= 0.6 is 0 Å². The van der Waals surface area contributed by atoms with Crippen molar-refractivity contribution in [1.29, 1.82) is 0 Å². The van der Waals surface area contributed by atoms with Gasteiger partial charge in [0.1, 0.15) is 5.70 Å². The lowest BCUT2D eigenvalue weighted by molar-refractivity contribution is -0.121. The van der Waals surface area contributed by atoms with Crippen molar-refractivity contribution in [3.05, 3.63) is 65.9 Å². The number of anilines is 2. The highest BCUT2D eigenvalue weighted by Gasteiger charge is 2.42. The third kappa shape index (κ3) is 3.59. The van der Waals surface area contributed by atoms with E-state index in [2.05, 4.69) is 18.7 Å². The Hall–Kier alpha value is -3.12. The van der Waals surface area contributed by atoms with Crippen molar-refractivity contribution in [1.82, 2.24) is 4.90 Å². The molecule has 0 spiro atoms. The van der Waals surface area contributed by atoms with Gasteiger partial charge in [0.25, 0.3) is 11.8 Å². The molecule has 0 aliphatic carbocycles. The lowest BCUT2D eigenvalue weighted by Crippen LogP contribution is -2.40. The van der Waals surface area contributed by atoms with Gasteiger partial charge in [0, 0.05) is 31.9 Å². The van der Waals surface area contributed by atoms with Gasteiger partial charge in [0.05, 0.1) is 24.5 Å². The van der Waals surface area contributed by atoms with Crippen LogP contribution in [0.4, 0.5) is 11.4 Å². The Bertz CT molecular complexity index is 943. The smallest absolute Gasteiger partial charge is 0.282 e. The van der Waals surface area contributed by atoms with Gasteiger partial charge in [-0.15, -0.1) is 0 Å². The SMILES string of the molecule is CCN(CC)c1ccc(N2C(=O)C(c3ccccc3)=C(N3CCOCC3)C2=O)cc1. The van der Waals surface area contributed by atoms with Crippen LogP contribution in [0.15, 0.2) is 60.3 Å². The van der Waals surface area contributed by atoms with Gasteiger partial charge in [-0.3, -0.25) is 9.59 Å². The summed E-state index contributed by atoms with van der Waals surface area (Å²) in [5.74, 6) is -0.542. The zero-order valence-electron chi connectivity index (χ0n) is 17.5. The summed E-state index contributed by atoms with van der Waals surface area (Å²) >= 11 is 0. The van der Waals surface area contributed by atoms with Crippen LogP contribution in [0.5, 0.6) is 0 Å². The molecule has 1 saturated heterocycles. The van der Waals surface area contributed by atoms with Crippen molar-refractivity contribution in [2.75, 3.05) is 49.2 Å². The molecule has 0 bridgehead atoms. The average Bonchev–Trinajstić information content (AvgIpc) is 3.06. The largest absolute Gasteiger partial charge is 0.378 e. The van der Waals surface area contributed by atoms with E-state index in [1.807, 2.05) is 59.5 Å². The van der Waals surface area contributed by atoms with Gasteiger partial charge in [-0.05, 0) is 43.7 Å². The highest BCUT2D eigenvalue weighted by atomic mass is 16.5. The minimum atomic E-state index is -0.275. The first-order valence-corrected chi connectivity index (χ1v) is 10.5. The molecule has 2 aliphatic heterocycles. The van der Waals surface area contributed by atoms with E-state index in [0.717, 1.165) is 24.3 Å². The minimum absolute atomic E-state index is 0.267. The molecule has 2 heterocycles. The number of carbonyl (C=O) groups is 2. The fourth-order valence-corrected chi connectivity index (χ4v) is 4.10. The van der Waals surface area contributed by atoms with Crippen LogP contribution in [0, 0.1) is 0 Å². The van der Waals surface area contributed by atoms with E-state index in [4.69, 9.17) is 4.74 Å². The van der Waals surface area contributed by atoms with Crippen LogP contribution in [-0.2, 0) is 14.3 Å². The second-order valence-corrected chi connectivity index (χ2v) is 7.32. The van der Waals surface area contributed by atoms with Crippen molar-refractivity contribution < 1.29 is 14.3 Å². The average molecular weight is 405 g/mol. The molecule has 0 N–H and O–H groups in total. The Morgan fingerprint density at radius 3 is 2.10 bits per heavy atom. The van der Waals surface area contributed by atoms with Gasteiger partial charge in [0.2, 0.25) is 0 Å². The van der Waals surface area contributed by atoms with Gasteiger partial charge in [0.15, 0.2) is 0 Å². The Morgan fingerprint density at radius 1 is 0.867 bits per heavy atom. The van der Waals surface area contributed by atoms with Crippen molar-refractivity contribution >= 4 is 28.8 Å². The molecule has 2 aliphatic rings. The predicted molar refractivity (Wildman–Crippen MR) is 118 cm³/mol. The number of hydrogen-bond donors (Lipinski definition) is 0. The highest BCUT2D eigenvalue weighted by molar-refractivity contribution is 6.45. The molecular weight excluding hydrogens is 378 g/mol. The topological polar surface area (TPSA) is 53.1 Å². The minimum Gasteiger partial charge on any atom is -0.378 e. The van der Waals surface area contributed by atoms with E-state index >= 15 is 0 Å². The van der Waals surface area contributed by atoms with E-state index in [9.17, 15) is 9.59 Å². The molecule has 6 nitrogen and oxygen atoms in total.